The van der Waals surface area contributed by atoms with Crippen LogP contribution in [0, 0.1) is 5.92 Å². The minimum Gasteiger partial charge on any atom is -0.340 e. The Bertz CT molecular complexity index is 486. The van der Waals surface area contributed by atoms with Gasteiger partial charge in [0.25, 0.3) is 0 Å². The van der Waals surface area contributed by atoms with Gasteiger partial charge in [-0.2, -0.15) is 0 Å². The molecule has 2 atom stereocenters. The van der Waals surface area contributed by atoms with Crippen LogP contribution in [0.5, 0.6) is 0 Å². The van der Waals surface area contributed by atoms with E-state index < -0.39 is 0 Å². The molecule has 1 aliphatic heterocycles. The van der Waals surface area contributed by atoms with Crippen LogP contribution in [0.4, 0.5) is 0 Å². The monoisotopic (exact) mass is 320 g/mol. The Hall–Kier alpha value is -1.00. The summed E-state index contributed by atoms with van der Waals surface area (Å²) >= 11 is 1.73. The number of benzene rings is 1. The van der Waals surface area contributed by atoms with Crippen LogP contribution in [0.3, 0.4) is 0 Å². The van der Waals surface area contributed by atoms with Crippen molar-refractivity contribution in [3.8, 4) is 0 Å². The first kappa shape index (κ1) is 17.4. The van der Waals surface area contributed by atoms with E-state index >= 15 is 0 Å². The van der Waals surface area contributed by atoms with Gasteiger partial charge >= 0.3 is 0 Å². The van der Waals surface area contributed by atoms with Gasteiger partial charge in [0.05, 0.1) is 6.42 Å². The third kappa shape index (κ3) is 4.26. The van der Waals surface area contributed by atoms with E-state index in [0.29, 0.717) is 18.4 Å². The van der Waals surface area contributed by atoms with Gasteiger partial charge in [-0.25, -0.2) is 0 Å². The topological polar surface area (TPSA) is 23.6 Å². The van der Waals surface area contributed by atoms with Crippen LogP contribution in [0.2, 0.25) is 0 Å². The minimum atomic E-state index is 0.266. The predicted molar refractivity (Wildman–Crippen MR) is 94.4 cm³/mol. The lowest BCUT2D eigenvalue weighted by Gasteiger charge is -2.24. The molecule has 1 aromatic carbocycles. The summed E-state index contributed by atoms with van der Waals surface area (Å²) in [5.74, 6) is 0.880. The first-order valence-electron chi connectivity index (χ1n) is 8.12. The number of likely N-dealkylation sites (tertiary alicyclic amines) is 1. The summed E-state index contributed by atoms with van der Waals surface area (Å²) in [6.07, 6.45) is 4.98. The molecule has 0 saturated carbocycles. The van der Waals surface area contributed by atoms with Crippen molar-refractivity contribution in [2.24, 2.45) is 5.92 Å². The summed E-state index contributed by atoms with van der Waals surface area (Å²) in [6, 6.07) is 8.85. The highest BCUT2D eigenvalue weighted by molar-refractivity contribution is 7.98. The first-order valence-corrected chi connectivity index (χ1v) is 9.34. The van der Waals surface area contributed by atoms with E-state index in [1.165, 1.54) is 17.7 Å². The van der Waals surface area contributed by atoms with E-state index in [-0.39, 0.29) is 5.91 Å². The van der Waals surface area contributed by atoms with Gasteiger partial charge in [-0.3, -0.25) is 4.79 Å². The van der Waals surface area contributed by atoms with Crippen LogP contribution in [0.1, 0.15) is 25.3 Å². The average molecular weight is 321 g/mol. The molecule has 1 saturated heterocycles. The van der Waals surface area contributed by atoms with Crippen LogP contribution in [-0.4, -0.2) is 55.2 Å². The largest absolute Gasteiger partial charge is 0.340 e. The predicted octanol–water partition coefficient (Wildman–Crippen LogP) is 3.14. The maximum atomic E-state index is 12.6. The molecule has 122 valence electrons. The zero-order valence-electron chi connectivity index (χ0n) is 14.2. The Morgan fingerprint density at radius 1 is 1.27 bits per heavy atom. The summed E-state index contributed by atoms with van der Waals surface area (Å²) in [5, 5.41) is 0. The van der Waals surface area contributed by atoms with E-state index in [9.17, 15) is 4.79 Å². The Morgan fingerprint density at radius 3 is 2.50 bits per heavy atom. The highest BCUT2D eigenvalue weighted by Gasteiger charge is 2.35. The maximum absolute atomic E-state index is 12.6. The van der Waals surface area contributed by atoms with Gasteiger partial charge in [0.1, 0.15) is 0 Å². The van der Waals surface area contributed by atoms with Crippen LogP contribution in [0.15, 0.2) is 29.2 Å². The van der Waals surface area contributed by atoms with Crippen LogP contribution in [0.25, 0.3) is 0 Å². The van der Waals surface area contributed by atoms with Crippen molar-refractivity contribution in [3.63, 3.8) is 0 Å². The Kier molecular flexibility index (Phi) is 6.33. The Balaban J connectivity index is 1.97. The molecule has 0 bridgehead atoms. The van der Waals surface area contributed by atoms with Gasteiger partial charge < -0.3 is 9.80 Å². The summed E-state index contributed by atoms with van der Waals surface area (Å²) < 4.78 is 0. The third-order valence-electron chi connectivity index (χ3n) is 4.60. The number of likely N-dealkylation sites (N-methyl/N-ethyl adjacent to an activating group) is 1. The number of amides is 1. The van der Waals surface area contributed by atoms with Crippen molar-refractivity contribution >= 4 is 17.7 Å². The molecule has 0 aromatic heterocycles. The van der Waals surface area contributed by atoms with E-state index in [1.54, 1.807) is 11.8 Å². The van der Waals surface area contributed by atoms with E-state index in [4.69, 9.17) is 0 Å². The number of rotatable bonds is 6. The number of carbonyl (C=O) groups is 1. The Labute approximate surface area is 139 Å². The minimum absolute atomic E-state index is 0.266. The van der Waals surface area contributed by atoms with Gasteiger partial charge in [0.15, 0.2) is 0 Å². The molecule has 0 radical (unpaired) electrons. The normalized spacial score (nSPS) is 21.6. The molecule has 1 aromatic rings. The van der Waals surface area contributed by atoms with Crippen molar-refractivity contribution in [2.45, 2.75) is 37.1 Å². The summed E-state index contributed by atoms with van der Waals surface area (Å²) in [6.45, 7) is 4.02. The van der Waals surface area contributed by atoms with E-state index in [0.717, 1.165) is 18.7 Å². The number of hydrogen-bond acceptors (Lipinski definition) is 3. The number of carbonyl (C=O) groups excluding carboxylic acids is 1. The average Bonchev–Trinajstić information content (AvgIpc) is 2.93. The molecule has 22 heavy (non-hydrogen) atoms. The number of thioether (sulfide) groups is 1. The van der Waals surface area contributed by atoms with Crippen molar-refractivity contribution in [1.29, 1.82) is 0 Å². The van der Waals surface area contributed by atoms with Crippen LogP contribution in [-0.2, 0) is 11.2 Å². The molecule has 2 unspecified atom stereocenters. The second-order valence-electron chi connectivity index (χ2n) is 6.40. The maximum Gasteiger partial charge on any atom is 0.227 e. The van der Waals surface area contributed by atoms with Gasteiger partial charge in [-0.15, -0.1) is 11.8 Å². The summed E-state index contributed by atoms with van der Waals surface area (Å²) in [7, 11) is 4.25. The van der Waals surface area contributed by atoms with E-state index in [1.807, 2.05) is 0 Å². The SMILES string of the molecule is CCCC1CN(C(=O)Cc2ccc(SC)cc2)CC1N(C)C. The Morgan fingerprint density at radius 2 is 1.95 bits per heavy atom. The third-order valence-corrected chi connectivity index (χ3v) is 5.34. The number of hydrogen-bond donors (Lipinski definition) is 0. The molecule has 0 N–H and O–H groups in total. The molecule has 2 rings (SSSR count). The lowest BCUT2D eigenvalue weighted by atomic mass is 9.98. The zero-order valence-corrected chi connectivity index (χ0v) is 15.0. The standard InChI is InChI=1S/C18H28N2OS/c1-5-6-15-12-20(13-17(15)19(2)3)18(21)11-14-7-9-16(22-4)10-8-14/h7-10,15,17H,5-6,11-13H2,1-4H3. The van der Waals surface area contributed by atoms with Crippen molar-refractivity contribution in [3.05, 3.63) is 29.8 Å². The fraction of sp³-hybridized carbons (Fsp3) is 0.611. The lowest BCUT2D eigenvalue weighted by molar-refractivity contribution is -0.129. The van der Waals surface area contributed by atoms with Crippen molar-refractivity contribution in [1.82, 2.24) is 9.80 Å². The van der Waals surface area contributed by atoms with Gasteiger partial charge in [-0.1, -0.05) is 25.5 Å². The molecule has 3 nitrogen and oxygen atoms in total. The highest BCUT2D eigenvalue weighted by atomic mass is 32.2. The summed E-state index contributed by atoms with van der Waals surface area (Å²) in [4.78, 5) is 18.2. The molecular formula is C18H28N2OS. The van der Waals surface area contributed by atoms with Crippen LogP contribution < -0.4 is 0 Å². The van der Waals surface area contributed by atoms with Gasteiger partial charge in [-0.05, 0) is 50.4 Å². The fourth-order valence-electron chi connectivity index (χ4n) is 3.33. The second kappa shape index (κ2) is 8.02. The molecule has 1 aliphatic rings. The first-order chi connectivity index (χ1) is 10.5. The molecule has 0 spiro atoms. The smallest absolute Gasteiger partial charge is 0.227 e. The quantitative estimate of drug-likeness (QED) is 0.752. The van der Waals surface area contributed by atoms with E-state index in [2.05, 4.69) is 61.3 Å². The summed E-state index contributed by atoms with van der Waals surface area (Å²) in [5.41, 5.74) is 1.11. The molecule has 4 heteroatoms. The fourth-order valence-corrected chi connectivity index (χ4v) is 3.74. The molecule has 1 amide bonds. The van der Waals surface area contributed by atoms with Gasteiger partial charge in [0.2, 0.25) is 5.91 Å². The van der Waals surface area contributed by atoms with Crippen LogP contribution >= 0.6 is 11.8 Å². The zero-order chi connectivity index (χ0) is 16.1. The molecular weight excluding hydrogens is 292 g/mol. The number of nitrogens with zero attached hydrogens (tertiary/aromatic N) is 2. The van der Waals surface area contributed by atoms with Gasteiger partial charge in [0, 0.05) is 24.0 Å². The van der Waals surface area contributed by atoms with Crippen molar-refractivity contribution in [2.75, 3.05) is 33.4 Å². The lowest BCUT2D eigenvalue weighted by Crippen LogP contribution is -2.36. The molecule has 1 fully saturated rings. The highest BCUT2D eigenvalue weighted by Crippen LogP contribution is 2.25. The molecule has 1 heterocycles. The molecule has 0 aliphatic carbocycles. The van der Waals surface area contributed by atoms with Crippen molar-refractivity contribution < 1.29 is 4.79 Å². The second-order valence-corrected chi connectivity index (χ2v) is 7.28.